The Kier molecular flexibility index (Phi) is 7.19. The maximum Gasteiger partial charge on any atom is 0.319 e. The van der Waals surface area contributed by atoms with Gasteiger partial charge in [-0.3, -0.25) is 10.1 Å². The van der Waals surface area contributed by atoms with Crippen LogP contribution in [0.2, 0.25) is 0 Å². The van der Waals surface area contributed by atoms with E-state index in [2.05, 4.69) is 5.32 Å². The van der Waals surface area contributed by atoms with Crippen LogP contribution in [0.3, 0.4) is 0 Å². The van der Waals surface area contributed by atoms with E-state index in [1.807, 2.05) is 55.6 Å². The topological polar surface area (TPSA) is 95.1 Å². The van der Waals surface area contributed by atoms with Gasteiger partial charge in [-0.05, 0) is 17.7 Å². The highest BCUT2D eigenvalue weighted by atomic mass is 16.5. The van der Waals surface area contributed by atoms with Crippen LogP contribution < -0.4 is 25.4 Å². The van der Waals surface area contributed by atoms with E-state index in [1.165, 1.54) is 0 Å². The number of quaternary nitrogens is 1. The molecule has 7 heteroatoms. The number of hydrogen-bond acceptors (Lipinski definition) is 4. The van der Waals surface area contributed by atoms with E-state index in [-0.39, 0.29) is 0 Å². The van der Waals surface area contributed by atoms with Gasteiger partial charge in [0.2, 0.25) is 0 Å². The molecule has 0 heterocycles. The number of nitrogens with one attached hydrogen (secondary N) is 2. The van der Waals surface area contributed by atoms with Crippen molar-refractivity contribution in [1.29, 1.82) is 0 Å². The molecule has 0 radical (unpaired) electrons. The lowest BCUT2D eigenvalue weighted by atomic mass is 10.0. The SMILES string of the molecule is COc1ccc(CC[NH+](C)[C@H](C(=O)NC(N)=O)c2ccccc2)cc1OC. The van der Waals surface area contributed by atoms with Gasteiger partial charge in [0.25, 0.3) is 5.91 Å². The minimum absolute atomic E-state index is 0.418. The average Bonchev–Trinajstić information content (AvgIpc) is 2.66. The number of primary amides is 1. The first-order chi connectivity index (χ1) is 13.0. The molecule has 0 bridgehead atoms. The van der Waals surface area contributed by atoms with E-state index in [0.717, 1.165) is 22.4 Å². The molecule has 0 aliphatic carbocycles. The number of rotatable bonds is 8. The number of ether oxygens (including phenoxy) is 2. The molecule has 0 aliphatic heterocycles. The summed E-state index contributed by atoms with van der Waals surface area (Å²) in [6, 6.07) is 13.7. The second-order valence-corrected chi connectivity index (χ2v) is 6.23. The Bertz CT molecular complexity index is 780. The lowest BCUT2D eigenvalue weighted by Gasteiger charge is -2.24. The number of methoxy groups -OCH3 is 2. The molecule has 2 aromatic rings. The molecule has 27 heavy (non-hydrogen) atoms. The van der Waals surface area contributed by atoms with Crippen LogP contribution in [0.25, 0.3) is 0 Å². The normalized spacial score (nSPS) is 12.7. The fourth-order valence-corrected chi connectivity index (χ4v) is 3.02. The van der Waals surface area contributed by atoms with Crippen molar-refractivity contribution >= 4 is 11.9 Å². The smallest absolute Gasteiger partial charge is 0.319 e. The van der Waals surface area contributed by atoms with Gasteiger partial charge < -0.3 is 20.1 Å². The Labute approximate surface area is 159 Å². The molecule has 0 fully saturated rings. The Morgan fingerprint density at radius 2 is 1.74 bits per heavy atom. The third kappa shape index (κ3) is 5.46. The molecule has 0 saturated carbocycles. The molecule has 4 N–H and O–H groups in total. The van der Waals surface area contributed by atoms with E-state index < -0.39 is 18.0 Å². The lowest BCUT2D eigenvalue weighted by molar-refractivity contribution is -0.902. The number of nitrogens with two attached hydrogens (primary N) is 1. The van der Waals surface area contributed by atoms with Crippen LogP contribution in [-0.4, -0.2) is 39.8 Å². The number of amides is 3. The Hall–Kier alpha value is -3.06. The summed E-state index contributed by atoms with van der Waals surface area (Å²) in [6.07, 6.45) is 0.722. The van der Waals surface area contributed by atoms with Gasteiger partial charge in [-0.2, -0.15) is 0 Å². The third-order valence-corrected chi connectivity index (χ3v) is 4.39. The molecule has 7 nitrogen and oxygen atoms in total. The van der Waals surface area contributed by atoms with Crippen molar-refractivity contribution in [2.24, 2.45) is 5.73 Å². The Morgan fingerprint density at radius 3 is 2.33 bits per heavy atom. The number of hydrogen-bond donors (Lipinski definition) is 3. The van der Waals surface area contributed by atoms with Crippen molar-refractivity contribution in [2.45, 2.75) is 12.5 Å². The van der Waals surface area contributed by atoms with Crippen LogP contribution in [0, 0.1) is 0 Å². The molecule has 0 spiro atoms. The second kappa shape index (κ2) is 9.59. The van der Waals surface area contributed by atoms with Gasteiger partial charge in [0.1, 0.15) is 0 Å². The van der Waals surface area contributed by atoms with Gasteiger partial charge in [-0.1, -0.05) is 36.4 Å². The first kappa shape index (κ1) is 20.3. The van der Waals surface area contributed by atoms with Crippen LogP contribution in [0.4, 0.5) is 4.79 Å². The number of urea groups is 1. The van der Waals surface area contributed by atoms with Gasteiger partial charge in [0, 0.05) is 12.0 Å². The maximum absolute atomic E-state index is 12.5. The number of carbonyl (C=O) groups is 2. The Balaban J connectivity index is 2.15. The summed E-state index contributed by atoms with van der Waals surface area (Å²) in [4.78, 5) is 24.6. The van der Waals surface area contributed by atoms with Crippen molar-refractivity contribution in [1.82, 2.24) is 5.32 Å². The standard InChI is InChI=1S/C20H25N3O4/c1-23(12-11-14-9-10-16(26-2)17(13-14)27-3)18(19(24)22-20(21)25)15-7-5-4-6-8-15/h4-10,13,18H,11-12H2,1-3H3,(H3,21,22,24,25)/p+1/t18-/m0/s1. The van der Waals surface area contributed by atoms with Crippen LogP contribution >= 0.6 is 0 Å². The molecule has 0 aromatic heterocycles. The third-order valence-electron chi connectivity index (χ3n) is 4.39. The summed E-state index contributed by atoms with van der Waals surface area (Å²) in [5.41, 5.74) is 7.01. The van der Waals surface area contributed by atoms with Crippen molar-refractivity contribution in [3.05, 3.63) is 59.7 Å². The number of imide groups is 1. The van der Waals surface area contributed by atoms with Crippen molar-refractivity contribution in [3.63, 3.8) is 0 Å². The molecule has 144 valence electrons. The highest BCUT2D eigenvalue weighted by molar-refractivity contribution is 5.96. The fourth-order valence-electron chi connectivity index (χ4n) is 3.02. The van der Waals surface area contributed by atoms with E-state index in [9.17, 15) is 9.59 Å². The lowest BCUT2D eigenvalue weighted by Crippen LogP contribution is -3.11. The zero-order chi connectivity index (χ0) is 19.8. The van der Waals surface area contributed by atoms with Crippen LogP contribution in [0.5, 0.6) is 11.5 Å². The highest BCUT2D eigenvalue weighted by Crippen LogP contribution is 2.27. The van der Waals surface area contributed by atoms with Crippen LogP contribution in [0.15, 0.2) is 48.5 Å². The van der Waals surface area contributed by atoms with Gasteiger partial charge in [0.15, 0.2) is 17.5 Å². The summed E-state index contributed by atoms with van der Waals surface area (Å²) in [5.74, 6) is 0.919. The largest absolute Gasteiger partial charge is 0.493 e. The Morgan fingerprint density at radius 1 is 1.07 bits per heavy atom. The zero-order valence-corrected chi connectivity index (χ0v) is 15.8. The number of likely N-dealkylation sites (N-methyl/N-ethyl adjacent to an activating group) is 1. The summed E-state index contributed by atoms with van der Waals surface area (Å²) in [5, 5.41) is 2.20. The van der Waals surface area contributed by atoms with Gasteiger partial charge in [-0.15, -0.1) is 0 Å². The quantitative estimate of drug-likeness (QED) is 0.636. The van der Waals surface area contributed by atoms with Crippen molar-refractivity contribution < 1.29 is 24.0 Å². The molecular weight excluding hydrogens is 346 g/mol. The zero-order valence-electron chi connectivity index (χ0n) is 15.8. The van der Waals surface area contributed by atoms with Crippen molar-refractivity contribution in [2.75, 3.05) is 27.8 Å². The summed E-state index contributed by atoms with van der Waals surface area (Å²) in [6.45, 7) is 0.668. The maximum atomic E-state index is 12.5. The molecule has 2 aromatic carbocycles. The summed E-state index contributed by atoms with van der Waals surface area (Å²) >= 11 is 0. The van der Waals surface area contributed by atoms with E-state index in [1.54, 1.807) is 14.2 Å². The molecule has 0 aliphatic rings. The molecule has 0 saturated heterocycles. The van der Waals surface area contributed by atoms with Gasteiger partial charge in [0.05, 0.1) is 27.8 Å². The first-order valence-electron chi connectivity index (χ1n) is 8.64. The molecule has 2 rings (SSSR count). The van der Waals surface area contributed by atoms with Crippen molar-refractivity contribution in [3.8, 4) is 11.5 Å². The van der Waals surface area contributed by atoms with Gasteiger partial charge >= 0.3 is 6.03 Å². The molecule has 2 atom stereocenters. The summed E-state index contributed by atoms with van der Waals surface area (Å²) in [7, 11) is 5.11. The minimum atomic E-state index is -0.853. The second-order valence-electron chi connectivity index (χ2n) is 6.23. The number of carbonyl (C=O) groups excluding carboxylic acids is 2. The van der Waals surface area contributed by atoms with E-state index >= 15 is 0 Å². The first-order valence-corrected chi connectivity index (χ1v) is 8.64. The monoisotopic (exact) mass is 372 g/mol. The van der Waals surface area contributed by atoms with Crippen LogP contribution in [-0.2, 0) is 11.2 Å². The van der Waals surface area contributed by atoms with Crippen LogP contribution in [0.1, 0.15) is 17.2 Å². The molecule has 1 unspecified atom stereocenters. The molecular formula is C20H26N3O4+. The molecule has 3 amide bonds. The fraction of sp³-hybridized carbons (Fsp3) is 0.300. The number of benzene rings is 2. The summed E-state index contributed by atoms with van der Waals surface area (Å²) < 4.78 is 10.6. The minimum Gasteiger partial charge on any atom is -0.493 e. The van der Waals surface area contributed by atoms with E-state index in [4.69, 9.17) is 15.2 Å². The average molecular weight is 372 g/mol. The highest BCUT2D eigenvalue weighted by Gasteiger charge is 2.29. The predicted molar refractivity (Wildman–Crippen MR) is 102 cm³/mol. The van der Waals surface area contributed by atoms with E-state index in [0.29, 0.717) is 18.0 Å². The predicted octanol–water partition coefficient (Wildman–Crippen LogP) is 0.697. The van der Waals surface area contributed by atoms with Gasteiger partial charge in [-0.25, -0.2) is 4.79 Å².